The van der Waals surface area contributed by atoms with E-state index in [4.69, 9.17) is 0 Å². The fourth-order valence-electron chi connectivity index (χ4n) is 1.09. The van der Waals surface area contributed by atoms with E-state index < -0.39 is 0 Å². The highest BCUT2D eigenvalue weighted by atomic mass is 79.9. The molecule has 0 saturated heterocycles. The van der Waals surface area contributed by atoms with Crippen molar-refractivity contribution >= 4 is 33.2 Å². The highest BCUT2D eigenvalue weighted by molar-refractivity contribution is 9.10. The van der Waals surface area contributed by atoms with Crippen LogP contribution < -0.4 is 5.32 Å². The van der Waals surface area contributed by atoms with Gasteiger partial charge in [-0.25, -0.2) is 0 Å². The first-order chi connectivity index (χ1) is 7.08. The predicted molar refractivity (Wildman–Crippen MR) is 67.3 cm³/mol. The first-order valence-corrected chi connectivity index (χ1v) is 6.39. The van der Waals surface area contributed by atoms with Crippen LogP contribution in [0, 0.1) is 0 Å². The number of hydrogen-bond acceptors (Lipinski definition) is 3. The largest absolute Gasteiger partial charge is 0.355 e. The zero-order chi connectivity index (χ0) is 11.3. The van der Waals surface area contributed by atoms with Crippen molar-refractivity contribution in [2.24, 2.45) is 0 Å². The van der Waals surface area contributed by atoms with Gasteiger partial charge in [0.2, 0.25) is 5.91 Å². The summed E-state index contributed by atoms with van der Waals surface area (Å²) in [5, 5.41) is 4.87. The highest BCUT2D eigenvalue weighted by Crippen LogP contribution is 2.19. The van der Waals surface area contributed by atoms with Crippen LogP contribution >= 0.6 is 27.3 Å². The molecule has 0 saturated carbocycles. The Balaban J connectivity index is 2.24. The fraction of sp³-hybridized carbons (Fsp3) is 0.500. The van der Waals surface area contributed by atoms with E-state index in [1.807, 2.05) is 30.4 Å². The van der Waals surface area contributed by atoms with Crippen molar-refractivity contribution in [3.63, 3.8) is 0 Å². The van der Waals surface area contributed by atoms with Gasteiger partial charge in [-0.3, -0.25) is 4.79 Å². The van der Waals surface area contributed by atoms with Crippen LogP contribution in [0.5, 0.6) is 0 Å². The standard InChI is InChI=1S/C10H15BrN2OS/c1-13(2)4-3-12-10(14)6-9-5-8(11)7-15-9/h5,7H,3-4,6H2,1-2H3,(H,12,14). The van der Waals surface area contributed by atoms with Crippen molar-refractivity contribution < 1.29 is 4.79 Å². The SMILES string of the molecule is CN(C)CCNC(=O)Cc1cc(Br)cs1. The van der Waals surface area contributed by atoms with E-state index in [2.05, 4.69) is 21.2 Å². The number of thiophene rings is 1. The molecule has 0 aliphatic carbocycles. The Morgan fingerprint density at radius 2 is 2.33 bits per heavy atom. The van der Waals surface area contributed by atoms with Crippen LogP contribution in [0.1, 0.15) is 4.88 Å². The molecule has 0 unspecified atom stereocenters. The minimum absolute atomic E-state index is 0.0891. The number of nitrogens with zero attached hydrogens (tertiary/aromatic N) is 1. The molecule has 15 heavy (non-hydrogen) atoms. The second kappa shape index (κ2) is 6.25. The van der Waals surface area contributed by atoms with Crippen LogP contribution in [0.2, 0.25) is 0 Å². The molecule has 1 heterocycles. The lowest BCUT2D eigenvalue weighted by Crippen LogP contribution is -2.32. The molecule has 1 amide bonds. The summed E-state index contributed by atoms with van der Waals surface area (Å²) in [6.45, 7) is 1.58. The second-order valence-corrected chi connectivity index (χ2v) is 5.47. The summed E-state index contributed by atoms with van der Waals surface area (Å²) in [5.74, 6) is 0.0891. The smallest absolute Gasteiger partial charge is 0.225 e. The van der Waals surface area contributed by atoms with E-state index in [9.17, 15) is 4.79 Å². The predicted octanol–water partition coefficient (Wildman–Crippen LogP) is 1.73. The highest BCUT2D eigenvalue weighted by Gasteiger charge is 2.04. The Hall–Kier alpha value is -0.390. The molecule has 84 valence electrons. The molecule has 0 spiro atoms. The normalized spacial score (nSPS) is 10.7. The van der Waals surface area contributed by atoms with Gasteiger partial charge in [0.15, 0.2) is 0 Å². The van der Waals surface area contributed by atoms with Crippen molar-refractivity contribution in [1.29, 1.82) is 0 Å². The summed E-state index contributed by atoms with van der Waals surface area (Å²) in [6.07, 6.45) is 0.476. The first kappa shape index (κ1) is 12.7. The van der Waals surface area contributed by atoms with Crippen LogP contribution in [-0.4, -0.2) is 38.0 Å². The zero-order valence-corrected chi connectivity index (χ0v) is 11.3. The molecule has 1 rings (SSSR count). The van der Waals surface area contributed by atoms with Crippen LogP contribution in [0.15, 0.2) is 15.9 Å². The Morgan fingerprint density at radius 1 is 1.60 bits per heavy atom. The van der Waals surface area contributed by atoms with Gasteiger partial charge < -0.3 is 10.2 Å². The van der Waals surface area contributed by atoms with Crippen molar-refractivity contribution in [1.82, 2.24) is 10.2 Å². The van der Waals surface area contributed by atoms with E-state index in [-0.39, 0.29) is 5.91 Å². The van der Waals surface area contributed by atoms with Gasteiger partial charge in [-0.15, -0.1) is 11.3 Å². The van der Waals surface area contributed by atoms with Gasteiger partial charge in [-0.2, -0.15) is 0 Å². The lowest BCUT2D eigenvalue weighted by molar-refractivity contribution is -0.120. The van der Waals surface area contributed by atoms with E-state index >= 15 is 0 Å². The maximum Gasteiger partial charge on any atom is 0.225 e. The second-order valence-electron chi connectivity index (χ2n) is 3.56. The quantitative estimate of drug-likeness (QED) is 0.896. The van der Waals surface area contributed by atoms with Gasteiger partial charge in [0.05, 0.1) is 6.42 Å². The fourth-order valence-corrected chi connectivity index (χ4v) is 2.54. The maximum absolute atomic E-state index is 11.5. The van der Waals surface area contributed by atoms with E-state index in [0.29, 0.717) is 13.0 Å². The topological polar surface area (TPSA) is 32.3 Å². The van der Waals surface area contributed by atoms with Crippen molar-refractivity contribution in [2.75, 3.05) is 27.2 Å². The van der Waals surface area contributed by atoms with E-state index in [1.54, 1.807) is 11.3 Å². The van der Waals surface area contributed by atoms with Crippen molar-refractivity contribution in [2.45, 2.75) is 6.42 Å². The third-order valence-corrected chi connectivity index (χ3v) is 3.54. The molecule has 5 heteroatoms. The molecule has 0 bridgehead atoms. The number of nitrogens with one attached hydrogen (secondary N) is 1. The molecule has 0 atom stereocenters. The third kappa shape index (κ3) is 5.30. The summed E-state index contributed by atoms with van der Waals surface area (Å²) in [6, 6.07) is 1.98. The summed E-state index contributed by atoms with van der Waals surface area (Å²) in [5.41, 5.74) is 0. The van der Waals surface area contributed by atoms with Crippen LogP contribution in [0.4, 0.5) is 0 Å². The average Bonchev–Trinajstić information content (AvgIpc) is 2.50. The van der Waals surface area contributed by atoms with Gasteiger partial charge in [-0.05, 0) is 36.1 Å². The molecule has 1 aromatic heterocycles. The Bertz CT molecular complexity index is 325. The van der Waals surface area contributed by atoms with Gasteiger partial charge in [0, 0.05) is 27.8 Å². The van der Waals surface area contributed by atoms with Crippen molar-refractivity contribution in [3.8, 4) is 0 Å². The molecule has 0 aliphatic heterocycles. The first-order valence-electron chi connectivity index (χ1n) is 4.72. The lowest BCUT2D eigenvalue weighted by atomic mass is 10.3. The summed E-state index contributed by atoms with van der Waals surface area (Å²) in [4.78, 5) is 14.6. The third-order valence-electron chi connectivity index (χ3n) is 1.84. The Labute approximate surface area is 103 Å². The molecule has 1 aromatic rings. The number of halogens is 1. The number of amides is 1. The minimum atomic E-state index is 0.0891. The molecule has 0 aromatic carbocycles. The van der Waals surface area contributed by atoms with Crippen LogP contribution in [-0.2, 0) is 11.2 Å². The van der Waals surface area contributed by atoms with Gasteiger partial charge in [-0.1, -0.05) is 0 Å². The van der Waals surface area contributed by atoms with Gasteiger partial charge >= 0.3 is 0 Å². The molecule has 0 aliphatic rings. The zero-order valence-electron chi connectivity index (χ0n) is 8.92. The molecule has 0 radical (unpaired) electrons. The molecular formula is C10H15BrN2OS. The summed E-state index contributed by atoms with van der Waals surface area (Å²) < 4.78 is 1.04. The number of carbonyl (C=O) groups is 1. The Kier molecular flexibility index (Phi) is 5.28. The minimum Gasteiger partial charge on any atom is -0.355 e. The lowest BCUT2D eigenvalue weighted by Gasteiger charge is -2.09. The van der Waals surface area contributed by atoms with Gasteiger partial charge in [0.25, 0.3) is 0 Å². The summed E-state index contributed by atoms with van der Waals surface area (Å²) >= 11 is 4.97. The molecular weight excluding hydrogens is 276 g/mol. The number of carbonyl (C=O) groups excluding carboxylic acids is 1. The number of likely N-dealkylation sites (N-methyl/N-ethyl adjacent to an activating group) is 1. The Morgan fingerprint density at radius 3 is 2.87 bits per heavy atom. The van der Waals surface area contributed by atoms with Gasteiger partial charge in [0.1, 0.15) is 0 Å². The number of hydrogen-bond donors (Lipinski definition) is 1. The molecule has 3 nitrogen and oxygen atoms in total. The molecule has 0 fully saturated rings. The van der Waals surface area contributed by atoms with Crippen LogP contribution in [0.3, 0.4) is 0 Å². The van der Waals surface area contributed by atoms with E-state index in [1.165, 1.54) is 0 Å². The molecule has 1 N–H and O–H groups in total. The number of rotatable bonds is 5. The average molecular weight is 291 g/mol. The van der Waals surface area contributed by atoms with Crippen LogP contribution in [0.25, 0.3) is 0 Å². The van der Waals surface area contributed by atoms with E-state index in [0.717, 1.165) is 15.9 Å². The monoisotopic (exact) mass is 290 g/mol. The van der Waals surface area contributed by atoms with Crippen molar-refractivity contribution in [3.05, 3.63) is 20.8 Å². The summed E-state index contributed by atoms with van der Waals surface area (Å²) in [7, 11) is 3.98. The maximum atomic E-state index is 11.5.